The van der Waals surface area contributed by atoms with E-state index in [1.165, 1.54) is 4.90 Å². The van der Waals surface area contributed by atoms with Crippen molar-refractivity contribution in [2.45, 2.75) is 76.7 Å². The van der Waals surface area contributed by atoms with Crippen LogP contribution >= 0.6 is 0 Å². The maximum absolute atomic E-state index is 14.1. The van der Waals surface area contributed by atoms with Gasteiger partial charge in [-0.15, -0.1) is 0 Å². The highest BCUT2D eigenvalue weighted by Crippen LogP contribution is 2.57. The van der Waals surface area contributed by atoms with E-state index < -0.39 is 41.1 Å². The molecule has 4 rings (SSSR count). The van der Waals surface area contributed by atoms with Crippen LogP contribution in [0.15, 0.2) is 24.3 Å². The molecule has 0 aromatic heterocycles. The summed E-state index contributed by atoms with van der Waals surface area (Å²) in [5, 5.41) is 10.3. The highest BCUT2D eigenvalue weighted by atomic mass is 16.6. The van der Waals surface area contributed by atoms with Crippen LogP contribution in [0.25, 0.3) is 0 Å². The molecule has 6 atom stereocenters. The number of amides is 2. The zero-order valence-corrected chi connectivity index (χ0v) is 20.7. The van der Waals surface area contributed by atoms with Gasteiger partial charge in [-0.25, -0.2) is 0 Å². The van der Waals surface area contributed by atoms with E-state index in [0.717, 1.165) is 12.8 Å². The predicted molar refractivity (Wildman–Crippen MR) is 126 cm³/mol. The lowest BCUT2D eigenvalue weighted by Gasteiger charge is -2.40. The Kier molecular flexibility index (Phi) is 6.93. The van der Waals surface area contributed by atoms with Gasteiger partial charge in [0.1, 0.15) is 17.6 Å². The zero-order valence-electron chi connectivity index (χ0n) is 20.7. The van der Waals surface area contributed by atoms with Crippen molar-refractivity contribution in [3.8, 4) is 0 Å². The molecule has 8 nitrogen and oxygen atoms in total. The van der Waals surface area contributed by atoms with Crippen molar-refractivity contribution in [2.24, 2.45) is 17.8 Å². The molecule has 4 heterocycles. The summed E-state index contributed by atoms with van der Waals surface area (Å²) in [5.41, 5.74) is -2.37. The van der Waals surface area contributed by atoms with Gasteiger partial charge in [-0.3, -0.25) is 14.4 Å². The molecule has 1 unspecified atom stereocenters. The number of likely N-dealkylation sites (tertiary alicyclic amines) is 1. The summed E-state index contributed by atoms with van der Waals surface area (Å²) in [4.78, 5) is 44.7. The summed E-state index contributed by atoms with van der Waals surface area (Å²) in [5.74, 6) is -2.55. The third-order valence-corrected chi connectivity index (χ3v) is 7.67. The number of rotatable bonds is 7. The smallest absolute Gasteiger partial charge is 0.313 e. The lowest BCUT2D eigenvalue weighted by atomic mass is 9.74. The van der Waals surface area contributed by atoms with Gasteiger partial charge in [0.15, 0.2) is 0 Å². The molecule has 1 N–H and O–H groups in total. The van der Waals surface area contributed by atoms with Crippen LogP contribution in [0.2, 0.25) is 0 Å². The molecule has 0 bridgehead atoms. The van der Waals surface area contributed by atoms with Gasteiger partial charge in [-0.1, -0.05) is 51.5 Å². The Morgan fingerprint density at radius 3 is 2.59 bits per heavy atom. The van der Waals surface area contributed by atoms with Gasteiger partial charge in [-0.05, 0) is 32.1 Å². The van der Waals surface area contributed by atoms with E-state index in [4.69, 9.17) is 9.47 Å². The summed E-state index contributed by atoms with van der Waals surface area (Å²) in [7, 11) is 0. The van der Waals surface area contributed by atoms with Gasteiger partial charge in [0.05, 0.1) is 30.8 Å². The maximum atomic E-state index is 14.1. The fraction of sp³-hybridized carbons (Fsp3) is 0.731. The van der Waals surface area contributed by atoms with Crippen LogP contribution in [0.1, 0.15) is 53.4 Å². The first-order valence-electron chi connectivity index (χ1n) is 12.6. The molecule has 8 heteroatoms. The number of hydrogen-bond acceptors (Lipinski definition) is 6. The summed E-state index contributed by atoms with van der Waals surface area (Å²) in [6, 6.07) is -1.48. The first-order chi connectivity index (χ1) is 16.2. The van der Waals surface area contributed by atoms with Gasteiger partial charge >= 0.3 is 5.97 Å². The first-order valence-corrected chi connectivity index (χ1v) is 12.6. The van der Waals surface area contributed by atoms with Crippen LogP contribution in [0, 0.1) is 17.8 Å². The number of aliphatic hydroxyl groups excluding tert-OH is 1. The number of nitrogens with zero attached hydrogens (tertiary/aromatic N) is 2. The van der Waals surface area contributed by atoms with Crippen LogP contribution in [0.3, 0.4) is 0 Å². The number of esters is 1. The minimum Gasteiger partial charge on any atom is -0.465 e. The molecule has 2 amide bonds. The SMILES string of the molecule is CCCCN1CC=C[C@]23O[C@]4(C)C=CCCOC(=O)[C@@H]4[C@H]2C(=O)N([C@@H](CO)CC(C)C)C3C1=O. The Balaban J connectivity index is 1.86. The average molecular weight is 475 g/mol. The average Bonchev–Trinajstić information content (AvgIpc) is 3.11. The van der Waals surface area contributed by atoms with Crippen LogP contribution in [0.5, 0.6) is 0 Å². The van der Waals surface area contributed by atoms with Crippen molar-refractivity contribution >= 4 is 17.8 Å². The van der Waals surface area contributed by atoms with E-state index in [1.807, 2.05) is 38.2 Å². The fourth-order valence-electron chi connectivity index (χ4n) is 6.24. The van der Waals surface area contributed by atoms with E-state index in [0.29, 0.717) is 25.9 Å². The maximum Gasteiger partial charge on any atom is 0.313 e. The van der Waals surface area contributed by atoms with Crippen molar-refractivity contribution in [2.75, 3.05) is 26.3 Å². The van der Waals surface area contributed by atoms with E-state index >= 15 is 0 Å². The Labute approximate surface area is 201 Å². The second-order valence-corrected chi connectivity index (χ2v) is 10.6. The monoisotopic (exact) mass is 474 g/mol. The number of carbonyl (C=O) groups is 3. The van der Waals surface area contributed by atoms with Crippen LogP contribution < -0.4 is 0 Å². The Bertz CT molecular complexity index is 885. The number of carbonyl (C=O) groups excluding carboxylic acids is 3. The van der Waals surface area contributed by atoms with Crippen LogP contribution in [0.4, 0.5) is 0 Å². The largest absolute Gasteiger partial charge is 0.465 e. The summed E-state index contributed by atoms with van der Waals surface area (Å²) in [6.07, 6.45) is 10.4. The summed E-state index contributed by atoms with van der Waals surface area (Å²) in [6.45, 7) is 8.90. The van der Waals surface area contributed by atoms with E-state index in [2.05, 4.69) is 6.92 Å². The molecule has 0 aromatic rings. The van der Waals surface area contributed by atoms with Crippen molar-refractivity contribution in [3.05, 3.63) is 24.3 Å². The zero-order chi connectivity index (χ0) is 24.7. The Morgan fingerprint density at radius 1 is 1.15 bits per heavy atom. The number of hydrogen-bond donors (Lipinski definition) is 1. The molecule has 2 fully saturated rings. The van der Waals surface area contributed by atoms with Gasteiger partial charge in [-0.2, -0.15) is 0 Å². The second-order valence-electron chi connectivity index (χ2n) is 10.6. The molecule has 188 valence electrons. The molecular weight excluding hydrogens is 436 g/mol. The molecule has 0 aliphatic carbocycles. The van der Waals surface area contributed by atoms with Gasteiger partial charge in [0, 0.05) is 13.1 Å². The molecular formula is C26H38N2O6. The molecule has 1 spiro atoms. The highest BCUT2D eigenvalue weighted by Gasteiger charge is 2.75. The second kappa shape index (κ2) is 9.46. The van der Waals surface area contributed by atoms with E-state index in [-0.39, 0.29) is 30.9 Å². The van der Waals surface area contributed by atoms with E-state index in [9.17, 15) is 19.5 Å². The minimum atomic E-state index is -1.30. The number of unbranched alkanes of at least 4 members (excludes halogenated alkanes) is 1. The number of aliphatic hydroxyl groups is 1. The molecule has 4 aliphatic rings. The molecule has 4 aliphatic heterocycles. The lowest BCUT2D eigenvalue weighted by molar-refractivity contribution is -0.162. The van der Waals surface area contributed by atoms with Crippen molar-refractivity contribution in [1.29, 1.82) is 0 Å². The summed E-state index contributed by atoms with van der Waals surface area (Å²) < 4.78 is 12.2. The predicted octanol–water partition coefficient (Wildman–Crippen LogP) is 2.07. The molecule has 34 heavy (non-hydrogen) atoms. The molecule has 0 aromatic carbocycles. The van der Waals surface area contributed by atoms with Crippen molar-refractivity contribution in [1.82, 2.24) is 9.80 Å². The van der Waals surface area contributed by atoms with Crippen LogP contribution in [-0.2, 0) is 23.9 Å². The Morgan fingerprint density at radius 2 is 1.91 bits per heavy atom. The molecule has 0 saturated carbocycles. The number of fused-ring (bicyclic) bond motifs is 2. The third-order valence-electron chi connectivity index (χ3n) is 7.67. The van der Waals surface area contributed by atoms with Crippen molar-refractivity contribution in [3.63, 3.8) is 0 Å². The van der Waals surface area contributed by atoms with Gasteiger partial charge < -0.3 is 24.4 Å². The molecule has 2 saturated heterocycles. The number of ether oxygens (including phenoxy) is 2. The fourth-order valence-corrected chi connectivity index (χ4v) is 6.24. The number of cyclic esters (lactones) is 1. The quantitative estimate of drug-likeness (QED) is 0.448. The van der Waals surface area contributed by atoms with Crippen molar-refractivity contribution < 1.29 is 29.0 Å². The third kappa shape index (κ3) is 3.88. The normalized spacial score (nSPS) is 36.1. The minimum absolute atomic E-state index is 0.188. The Hall–Kier alpha value is -2.19. The first kappa shape index (κ1) is 24.9. The standard InChI is InChI=1S/C26H38N2O6/c1-5-6-12-27-13-9-11-26-19(20-24(32)33-14-8-7-10-25(20,4)34-26)22(30)28(21(26)23(27)31)18(16-29)15-17(2)3/h7,9-11,17-21,29H,5-6,8,12-16H2,1-4H3/t18-,19+,20+,21?,25-,26+/m1/s1. The lowest BCUT2D eigenvalue weighted by Crippen LogP contribution is -2.59. The summed E-state index contributed by atoms with van der Waals surface area (Å²) >= 11 is 0. The highest BCUT2D eigenvalue weighted by molar-refractivity contribution is 5.99. The topological polar surface area (TPSA) is 96.4 Å². The van der Waals surface area contributed by atoms with Gasteiger partial charge in [0.2, 0.25) is 11.8 Å². The van der Waals surface area contributed by atoms with E-state index in [1.54, 1.807) is 11.8 Å². The molecule has 0 radical (unpaired) electrons. The van der Waals surface area contributed by atoms with Gasteiger partial charge in [0.25, 0.3) is 0 Å². The van der Waals surface area contributed by atoms with Crippen LogP contribution in [-0.4, -0.2) is 82.3 Å².